The molecule has 0 fully saturated rings. The molecule has 4 nitrogen and oxygen atoms in total. The van der Waals surface area contributed by atoms with Crippen molar-refractivity contribution < 1.29 is 8.78 Å². The van der Waals surface area contributed by atoms with Gasteiger partial charge in [-0.2, -0.15) is 0 Å². The topological polar surface area (TPSA) is 69.9 Å². The number of benzene rings is 1. The van der Waals surface area contributed by atoms with E-state index < -0.39 is 17.7 Å². The number of hydrogen-bond acceptors (Lipinski definition) is 3. The summed E-state index contributed by atoms with van der Waals surface area (Å²) in [5.74, 6) is -1.17. The van der Waals surface area contributed by atoms with Crippen LogP contribution in [0.1, 0.15) is 17.3 Å². The van der Waals surface area contributed by atoms with Crippen LogP contribution in [-0.4, -0.2) is 16.1 Å². The molecule has 0 aliphatic rings. The molecule has 0 bridgehead atoms. The minimum absolute atomic E-state index is 0.0130. The van der Waals surface area contributed by atoms with Crippen molar-refractivity contribution in [3.63, 3.8) is 0 Å². The molecule has 4 N–H and O–H groups in total. The van der Waals surface area contributed by atoms with Gasteiger partial charge in [-0.1, -0.05) is 6.07 Å². The van der Waals surface area contributed by atoms with Crippen LogP contribution < -0.4 is 11.5 Å². The van der Waals surface area contributed by atoms with E-state index in [0.717, 1.165) is 0 Å². The average Bonchev–Trinajstić information content (AvgIpc) is 2.81. The summed E-state index contributed by atoms with van der Waals surface area (Å²) in [7, 11) is 0. The molecule has 0 aliphatic heterocycles. The fraction of sp³-hybridized carbons (Fsp3) is 0.250. The molecule has 2 rings (SSSR count). The van der Waals surface area contributed by atoms with Gasteiger partial charge in [-0.15, -0.1) is 0 Å². The zero-order valence-electron chi connectivity index (χ0n) is 9.68. The standard InChI is InChI=1S/C12H14F2N4/c13-9-2-1-3-10(14)8(9)6-18-7-17-5-12(18)11(16)4-15/h1-3,5,7,11H,4,6,15-16H2. The summed E-state index contributed by atoms with van der Waals surface area (Å²) in [6.07, 6.45) is 3.03. The first-order chi connectivity index (χ1) is 8.63. The second kappa shape index (κ2) is 5.24. The Balaban J connectivity index is 2.32. The maximum absolute atomic E-state index is 13.5. The number of rotatable bonds is 4. The van der Waals surface area contributed by atoms with Crippen molar-refractivity contribution in [3.8, 4) is 0 Å². The van der Waals surface area contributed by atoms with E-state index >= 15 is 0 Å². The van der Waals surface area contributed by atoms with E-state index in [1.165, 1.54) is 24.5 Å². The number of nitrogens with zero attached hydrogens (tertiary/aromatic N) is 2. The Morgan fingerprint density at radius 1 is 1.28 bits per heavy atom. The molecule has 0 spiro atoms. The van der Waals surface area contributed by atoms with Gasteiger partial charge in [0.2, 0.25) is 0 Å². The zero-order valence-corrected chi connectivity index (χ0v) is 9.68. The second-order valence-electron chi connectivity index (χ2n) is 3.99. The smallest absolute Gasteiger partial charge is 0.131 e. The van der Waals surface area contributed by atoms with Crippen LogP contribution in [0.25, 0.3) is 0 Å². The van der Waals surface area contributed by atoms with E-state index in [9.17, 15) is 8.78 Å². The molecule has 0 saturated heterocycles. The maximum Gasteiger partial charge on any atom is 0.131 e. The van der Waals surface area contributed by atoms with Crippen molar-refractivity contribution in [1.29, 1.82) is 0 Å². The van der Waals surface area contributed by atoms with Gasteiger partial charge in [0.05, 0.1) is 24.6 Å². The highest BCUT2D eigenvalue weighted by Gasteiger charge is 2.14. The van der Waals surface area contributed by atoms with Crippen molar-refractivity contribution in [2.75, 3.05) is 6.54 Å². The maximum atomic E-state index is 13.5. The fourth-order valence-corrected chi connectivity index (χ4v) is 1.75. The van der Waals surface area contributed by atoms with Crippen LogP contribution in [0.3, 0.4) is 0 Å². The third-order valence-corrected chi connectivity index (χ3v) is 2.77. The Morgan fingerprint density at radius 3 is 2.56 bits per heavy atom. The number of hydrogen-bond donors (Lipinski definition) is 2. The molecule has 2 aromatic rings. The molecule has 1 aromatic heterocycles. The Labute approximate surface area is 103 Å². The first-order valence-electron chi connectivity index (χ1n) is 5.52. The van der Waals surface area contributed by atoms with Crippen LogP contribution >= 0.6 is 0 Å². The van der Waals surface area contributed by atoms with Crippen LogP contribution in [0.15, 0.2) is 30.7 Å². The Morgan fingerprint density at radius 2 is 1.94 bits per heavy atom. The Hall–Kier alpha value is -1.79. The van der Waals surface area contributed by atoms with Crippen molar-refractivity contribution >= 4 is 0 Å². The summed E-state index contributed by atoms with van der Waals surface area (Å²) in [6, 6.07) is 3.37. The molecule has 0 amide bonds. The first kappa shape index (κ1) is 12.7. The van der Waals surface area contributed by atoms with Gasteiger partial charge < -0.3 is 16.0 Å². The first-order valence-corrected chi connectivity index (χ1v) is 5.52. The third-order valence-electron chi connectivity index (χ3n) is 2.77. The number of aromatic nitrogens is 2. The molecule has 0 radical (unpaired) electrons. The van der Waals surface area contributed by atoms with Crippen LogP contribution in [-0.2, 0) is 6.54 Å². The summed E-state index contributed by atoms with van der Waals surface area (Å²) in [6.45, 7) is 0.285. The minimum Gasteiger partial charge on any atom is -0.329 e. The normalized spacial score (nSPS) is 12.7. The fourth-order valence-electron chi connectivity index (χ4n) is 1.75. The summed E-state index contributed by atoms with van der Waals surface area (Å²) in [5.41, 5.74) is 11.9. The van der Waals surface area contributed by atoms with Crippen LogP contribution in [0.2, 0.25) is 0 Å². The van der Waals surface area contributed by atoms with Crippen molar-refractivity contribution in [2.45, 2.75) is 12.6 Å². The largest absolute Gasteiger partial charge is 0.329 e. The number of nitrogens with two attached hydrogens (primary N) is 2. The van der Waals surface area contributed by atoms with Gasteiger partial charge in [0.15, 0.2) is 0 Å². The van der Waals surface area contributed by atoms with Crippen LogP contribution in [0.5, 0.6) is 0 Å². The quantitative estimate of drug-likeness (QED) is 0.858. The van der Waals surface area contributed by atoms with E-state index in [2.05, 4.69) is 4.98 Å². The Kier molecular flexibility index (Phi) is 3.69. The summed E-state index contributed by atoms with van der Waals surface area (Å²) >= 11 is 0. The van der Waals surface area contributed by atoms with E-state index in [0.29, 0.717) is 5.69 Å². The lowest BCUT2D eigenvalue weighted by molar-refractivity contribution is 0.536. The molecule has 6 heteroatoms. The van der Waals surface area contributed by atoms with Gasteiger partial charge in [-0.3, -0.25) is 0 Å². The van der Waals surface area contributed by atoms with E-state index in [1.807, 2.05) is 0 Å². The number of imidazole rings is 1. The molecule has 0 aliphatic carbocycles. The van der Waals surface area contributed by atoms with Gasteiger partial charge in [0.1, 0.15) is 11.6 Å². The van der Waals surface area contributed by atoms with Gasteiger partial charge in [-0.25, -0.2) is 13.8 Å². The Bertz CT molecular complexity index is 518. The molecule has 1 unspecified atom stereocenters. The van der Waals surface area contributed by atoms with E-state index in [4.69, 9.17) is 11.5 Å². The molecular weight excluding hydrogens is 238 g/mol. The molecular formula is C12H14F2N4. The highest BCUT2D eigenvalue weighted by atomic mass is 19.1. The SMILES string of the molecule is NCC(N)c1cncn1Cc1c(F)cccc1F. The van der Waals surface area contributed by atoms with E-state index in [1.54, 1.807) is 10.8 Å². The summed E-state index contributed by atoms with van der Waals surface area (Å²) in [4.78, 5) is 3.93. The van der Waals surface area contributed by atoms with E-state index in [-0.39, 0.29) is 18.7 Å². The van der Waals surface area contributed by atoms with Gasteiger partial charge in [0.25, 0.3) is 0 Å². The monoisotopic (exact) mass is 252 g/mol. The lowest BCUT2D eigenvalue weighted by Crippen LogP contribution is -2.24. The van der Waals surface area contributed by atoms with Crippen molar-refractivity contribution in [3.05, 3.63) is 53.6 Å². The predicted octanol–water partition coefficient (Wildman–Crippen LogP) is 1.17. The average molecular weight is 252 g/mol. The lowest BCUT2D eigenvalue weighted by Gasteiger charge is -2.13. The molecule has 1 heterocycles. The van der Waals surface area contributed by atoms with Gasteiger partial charge >= 0.3 is 0 Å². The van der Waals surface area contributed by atoms with Gasteiger partial charge in [0, 0.05) is 18.3 Å². The highest BCUT2D eigenvalue weighted by Crippen LogP contribution is 2.16. The highest BCUT2D eigenvalue weighted by molar-refractivity contribution is 5.21. The lowest BCUT2D eigenvalue weighted by atomic mass is 10.1. The number of halogens is 2. The van der Waals surface area contributed by atoms with Crippen molar-refractivity contribution in [1.82, 2.24) is 9.55 Å². The summed E-state index contributed by atoms with van der Waals surface area (Å²) in [5, 5.41) is 0. The van der Waals surface area contributed by atoms with Crippen molar-refractivity contribution in [2.24, 2.45) is 11.5 Å². The second-order valence-corrected chi connectivity index (χ2v) is 3.99. The van der Waals surface area contributed by atoms with Crippen LogP contribution in [0, 0.1) is 11.6 Å². The zero-order chi connectivity index (χ0) is 13.1. The minimum atomic E-state index is -0.587. The summed E-state index contributed by atoms with van der Waals surface area (Å²) < 4.78 is 28.7. The molecule has 96 valence electrons. The molecule has 18 heavy (non-hydrogen) atoms. The van der Waals surface area contributed by atoms with Gasteiger partial charge in [-0.05, 0) is 12.1 Å². The molecule has 1 atom stereocenters. The molecule has 0 saturated carbocycles. The molecule has 1 aromatic carbocycles. The third kappa shape index (κ3) is 2.39. The predicted molar refractivity (Wildman–Crippen MR) is 63.7 cm³/mol. The van der Waals surface area contributed by atoms with Crippen LogP contribution in [0.4, 0.5) is 8.78 Å².